The second-order valence-corrected chi connectivity index (χ2v) is 5.19. The van der Waals surface area contributed by atoms with Crippen LogP contribution in [0.25, 0.3) is 0 Å². The predicted molar refractivity (Wildman–Crippen MR) is 72.7 cm³/mol. The van der Waals surface area contributed by atoms with Gasteiger partial charge in [0.05, 0.1) is 17.8 Å². The summed E-state index contributed by atoms with van der Waals surface area (Å²) in [4.78, 5) is 12.2. The maximum Gasteiger partial charge on any atom is 0.254 e. The molecular formula is C15H15F2N3O. The minimum Gasteiger partial charge on any atom is -0.345 e. The van der Waals surface area contributed by atoms with Gasteiger partial charge >= 0.3 is 0 Å². The van der Waals surface area contributed by atoms with Crippen LogP contribution in [0.5, 0.6) is 0 Å². The van der Waals surface area contributed by atoms with Gasteiger partial charge in [-0.15, -0.1) is 0 Å². The van der Waals surface area contributed by atoms with Gasteiger partial charge in [0.2, 0.25) is 0 Å². The number of rotatable bonds is 2. The molecule has 0 bridgehead atoms. The number of aromatic nitrogens is 2. The molecule has 4 nitrogen and oxygen atoms in total. The first kappa shape index (κ1) is 13.7. The van der Waals surface area contributed by atoms with Crippen molar-refractivity contribution in [2.45, 2.75) is 25.3 Å². The number of hydrogen-bond donors (Lipinski definition) is 1. The highest BCUT2D eigenvalue weighted by Gasteiger charge is 2.26. The monoisotopic (exact) mass is 291 g/mol. The number of fused-ring (bicyclic) bond motifs is 1. The first-order valence-electron chi connectivity index (χ1n) is 6.83. The number of carbonyl (C=O) groups excluding carboxylic acids is 1. The minimum atomic E-state index is -1.11. The molecule has 1 atom stereocenters. The molecule has 1 aliphatic carbocycles. The lowest BCUT2D eigenvalue weighted by Gasteiger charge is -2.23. The predicted octanol–water partition coefficient (Wildman–Crippen LogP) is 2.51. The molecule has 1 unspecified atom stereocenters. The van der Waals surface area contributed by atoms with Gasteiger partial charge in [0.1, 0.15) is 0 Å². The van der Waals surface area contributed by atoms with Crippen LogP contribution in [0.15, 0.2) is 24.4 Å². The number of nitrogens with zero attached hydrogens (tertiary/aromatic N) is 2. The minimum absolute atomic E-state index is 0.211. The van der Waals surface area contributed by atoms with E-state index in [1.54, 1.807) is 10.9 Å². The molecule has 0 spiro atoms. The van der Waals surface area contributed by atoms with E-state index in [-0.39, 0.29) is 11.6 Å². The Morgan fingerprint density at radius 3 is 3.05 bits per heavy atom. The molecule has 1 aromatic heterocycles. The number of benzene rings is 1. The Kier molecular flexibility index (Phi) is 3.45. The Bertz CT molecular complexity index is 696. The maximum absolute atomic E-state index is 13.7. The van der Waals surface area contributed by atoms with Gasteiger partial charge in [-0.1, -0.05) is 6.07 Å². The van der Waals surface area contributed by atoms with Crippen molar-refractivity contribution in [3.05, 3.63) is 52.9 Å². The molecule has 6 heteroatoms. The lowest BCUT2D eigenvalue weighted by molar-refractivity contribution is 0.0927. The summed E-state index contributed by atoms with van der Waals surface area (Å²) in [5.41, 5.74) is 1.76. The Morgan fingerprint density at radius 1 is 1.43 bits per heavy atom. The third-order valence-corrected chi connectivity index (χ3v) is 3.88. The molecule has 1 amide bonds. The Balaban J connectivity index is 1.84. The van der Waals surface area contributed by atoms with Crippen LogP contribution in [0, 0.1) is 11.6 Å². The second kappa shape index (κ2) is 5.27. The third kappa shape index (κ3) is 2.41. The number of hydrogen-bond acceptors (Lipinski definition) is 2. The van der Waals surface area contributed by atoms with Gasteiger partial charge < -0.3 is 5.32 Å². The summed E-state index contributed by atoms with van der Waals surface area (Å²) in [6, 6.07) is 3.38. The molecule has 1 N–H and O–H groups in total. The van der Waals surface area contributed by atoms with Crippen molar-refractivity contribution in [2.24, 2.45) is 7.05 Å². The SMILES string of the molecule is Cn1ncc2c1CCCC2NC(=O)c1cccc(F)c1F. The second-order valence-electron chi connectivity index (χ2n) is 5.19. The topological polar surface area (TPSA) is 46.9 Å². The lowest BCUT2D eigenvalue weighted by Crippen LogP contribution is -2.31. The van der Waals surface area contributed by atoms with Crippen molar-refractivity contribution in [1.29, 1.82) is 0 Å². The zero-order valence-corrected chi connectivity index (χ0v) is 11.6. The summed E-state index contributed by atoms with van der Waals surface area (Å²) in [6.45, 7) is 0. The van der Waals surface area contributed by atoms with Gasteiger partial charge in [-0.2, -0.15) is 5.10 Å². The maximum atomic E-state index is 13.7. The number of carbonyl (C=O) groups is 1. The number of nitrogens with one attached hydrogen (secondary N) is 1. The van der Waals surface area contributed by atoms with E-state index >= 15 is 0 Å². The summed E-state index contributed by atoms with van der Waals surface area (Å²) in [5, 5.41) is 6.97. The molecule has 0 saturated carbocycles. The Morgan fingerprint density at radius 2 is 2.24 bits per heavy atom. The Labute approximate surface area is 120 Å². The van der Waals surface area contributed by atoms with Crippen molar-refractivity contribution in [3.63, 3.8) is 0 Å². The molecule has 0 radical (unpaired) electrons. The third-order valence-electron chi connectivity index (χ3n) is 3.88. The van der Waals surface area contributed by atoms with Gasteiger partial charge in [0, 0.05) is 18.3 Å². The van der Waals surface area contributed by atoms with Crippen LogP contribution in [-0.2, 0) is 13.5 Å². The van der Waals surface area contributed by atoms with E-state index in [4.69, 9.17) is 0 Å². The first-order chi connectivity index (χ1) is 10.1. The quantitative estimate of drug-likeness (QED) is 0.924. The highest BCUT2D eigenvalue weighted by atomic mass is 19.2. The molecule has 21 heavy (non-hydrogen) atoms. The van der Waals surface area contributed by atoms with Crippen LogP contribution >= 0.6 is 0 Å². The van der Waals surface area contributed by atoms with Gasteiger partial charge in [-0.3, -0.25) is 9.48 Å². The summed E-state index contributed by atoms with van der Waals surface area (Å²) < 4.78 is 28.6. The molecule has 0 aliphatic heterocycles. The van der Waals surface area contributed by atoms with Gasteiger partial charge in [0.15, 0.2) is 11.6 Å². The van der Waals surface area contributed by atoms with Crippen LogP contribution in [-0.4, -0.2) is 15.7 Å². The van der Waals surface area contributed by atoms with E-state index in [2.05, 4.69) is 10.4 Å². The zero-order valence-electron chi connectivity index (χ0n) is 11.6. The number of halogens is 2. The molecule has 0 fully saturated rings. The summed E-state index contributed by atoms with van der Waals surface area (Å²) >= 11 is 0. The van der Waals surface area contributed by atoms with Gasteiger partial charge in [-0.25, -0.2) is 8.78 Å². The highest BCUT2D eigenvalue weighted by Crippen LogP contribution is 2.29. The Hall–Kier alpha value is -2.24. The number of aryl methyl sites for hydroxylation is 1. The lowest BCUT2D eigenvalue weighted by atomic mass is 9.92. The average molecular weight is 291 g/mol. The van der Waals surface area contributed by atoms with Crippen LogP contribution in [0.1, 0.15) is 40.5 Å². The normalized spacial score (nSPS) is 17.4. The van der Waals surface area contributed by atoms with E-state index in [9.17, 15) is 13.6 Å². The van der Waals surface area contributed by atoms with Crippen LogP contribution in [0.2, 0.25) is 0 Å². The smallest absolute Gasteiger partial charge is 0.254 e. The highest BCUT2D eigenvalue weighted by molar-refractivity contribution is 5.94. The van der Waals surface area contributed by atoms with E-state index in [0.717, 1.165) is 36.6 Å². The van der Waals surface area contributed by atoms with Crippen molar-refractivity contribution in [1.82, 2.24) is 15.1 Å². The fourth-order valence-corrected chi connectivity index (χ4v) is 2.77. The fraction of sp³-hybridized carbons (Fsp3) is 0.333. The summed E-state index contributed by atoms with van der Waals surface area (Å²) in [7, 11) is 1.86. The molecule has 110 valence electrons. The molecule has 2 aromatic rings. The van der Waals surface area contributed by atoms with E-state index < -0.39 is 17.5 Å². The average Bonchev–Trinajstić information content (AvgIpc) is 2.85. The standard InChI is InChI=1S/C15H15F2N3O/c1-20-13-7-3-6-12(10(13)8-18-20)19-15(21)9-4-2-5-11(16)14(9)17/h2,4-5,8,12H,3,6-7H2,1H3,(H,19,21). The van der Waals surface area contributed by atoms with Crippen molar-refractivity contribution in [2.75, 3.05) is 0 Å². The molecule has 0 saturated heterocycles. The molecule has 1 heterocycles. The molecule has 1 aliphatic rings. The molecule has 1 aromatic carbocycles. The largest absolute Gasteiger partial charge is 0.345 e. The van der Waals surface area contributed by atoms with Crippen LogP contribution in [0.3, 0.4) is 0 Å². The zero-order chi connectivity index (χ0) is 15.0. The van der Waals surface area contributed by atoms with Crippen LogP contribution in [0.4, 0.5) is 8.78 Å². The van der Waals surface area contributed by atoms with Crippen molar-refractivity contribution in [3.8, 4) is 0 Å². The summed E-state index contributed by atoms with van der Waals surface area (Å²) in [5.74, 6) is -2.74. The van der Waals surface area contributed by atoms with Gasteiger partial charge in [-0.05, 0) is 31.4 Å². The van der Waals surface area contributed by atoms with E-state index in [1.165, 1.54) is 12.1 Å². The first-order valence-corrected chi connectivity index (χ1v) is 6.83. The van der Waals surface area contributed by atoms with E-state index in [0.29, 0.717) is 0 Å². The fourth-order valence-electron chi connectivity index (χ4n) is 2.77. The van der Waals surface area contributed by atoms with Crippen LogP contribution < -0.4 is 5.32 Å². The molecule has 3 rings (SSSR count). The van der Waals surface area contributed by atoms with Crippen molar-refractivity contribution >= 4 is 5.91 Å². The van der Waals surface area contributed by atoms with E-state index in [1.807, 2.05) is 7.05 Å². The number of amides is 1. The molecular weight excluding hydrogens is 276 g/mol. The van der Waals surface area contributed by atoms with Crippen molar-refractivity contribution < 1.29 is 13.6 Å². The summed E-state index contributed by atoms with van der Waals surface area (Å²) in [6.07, 6.45) is 4.32. The van der Waals surface area contributed by atoms with Gasteiger partial charge in [0.25, 0.3) is 5.91 Å².